The third-order valence-electron chi connectivity index (χ3n) is 1.45. The van der Waals surface area contributed by atoms with E-state index in [-0.39, 0.29) is 5.75 Å². The van der Waals surface area contributed by atoms with E-state index >= 15 is 0 Å². The smallest absolute Gasteiger partial charge is 0.425 e. The van der Waals surface area contributed by atoms with Gasteiger partial charge in [0.15, 0.2) is 6.10 Å². The van der Waals surface area contributed by atoms with Crippen molar-refractivity contribution < 1.29 is 17.9 Å². The minimum absolute atomic E-state index is 0.173. The average Bonchev–Trinajstić information content (AvgIpc) is 2.04. The van der Waals surface area contributed by atoms with E-state index in [0.717, 1.165) is 6.92 Å². The Bertz CT molecular complexity index is 255. The summed E-state index contributed by atoms with van der Waals surface area (Å²) in [6.07, 6.45) is -6.11. The van der Waals surface area contributed by atoms with E-state index < -0.39 is 12.3 Å². The second-order valence-electron chi connectivity index (χ2n) is 2.54. The molecule has 1 aromatic carbocycles. The molecule has 0 fully saturated rings. The quantitative estimate of drug-likeness (QED) is 0.695. The highest BCUT2D eigenvalue weighted by Gasteiger charge is 2.37. The lowest BCUT2D eigenvalue weighted by atomic mass is 10.3. The first kappa shape index (κ1) is 9.89. The lowest BCUT2D eigenvalue weighted by Crippen LogP contribution is -2.31. The molecule has 1 radical (unpaired) electrons. The second-order valence-corrected chi connectivity index (χ2v) is 2.54. The predicted molar refractivity (Wildman–Crippen MR) is 41.4 cm³/mol. The second kappa shape index (κ2) is 3.68. The average molecular weight is 189 g/mol. The zero-order chi connectivity index (χ0) is 9.90. The van der Waals surface area contributed by atoms with E-state index in [1.807, 2.05) is 0 Å². The Morgan fingerprint density at radius 1 is 1.46 bits per heavy atom. The zero-order valence-electron chi connectivity index (χ0n) is 6.93. The Morgan fingerprint density at radius 2 is 2.15 bits per heavy atom. The maximum Gasteiger partial charge on any atom is 0.425 e. The molecule has 4 heteroatoms. The molecule has 0 saturated carbocycles. The number of ether oxygens (including phenoxy) is 1. The van der Waals surface area contributed by atoms with E-state index in [0.29, 0.717) is 0 Å². The van der Waals surface area contributed by atoms with E-state index in [1.165, 1.54) is 12.1 Å². The molecule has 0 aromatic heterocycles. The summed E-state index contributed by atoms with van der Waals surface area (Å²) in [5.74, 6) is 0.173. The Hall–Kier alpha value is -1.19. The first-order chi connectivity index (χ1) is 6.00. The highest BCUT2D eigenvalue weighted by atomic mass is 19.4. The summed E-state index contributed by atoms with van der Waals surface area (Å²) in [6, 6.07) is 8.60. The standard InChI is InChI=1S/C9H8F3O/c1-7(9(10,11)12)13-8-5-3-2-4-6-8/h2-3,5-7H,1H3/t7-/m1/s1. The van der Waals surface area contributed by atoms with Crippen LogP contribution in [0.5, 0.6) is 5.75 Å². The van der Waals surface area contributed by atoms with Crippen LogP contribution in [0.25, 0.3) is 0 Å². The van der Waals surface area contributed by atoms with Crippen molar-refractivity contribution in [2.75, 3.05) is 0 Å². The Morgan fingerprint density at radius 3 is 2.62 bits per heavy atom. The third-order valence-corrected chi connectivity index (χ3v) is 1.45. The van der Waals surface area contributed by atoms with Gasteiger partial charge in [0.05, 0.1) is 0 Å². The largest absolute Gasteiger partial charge is 0.481 e. The van der Waals surface area contributed by atoms with Crippen molar-refractivity contribution in [2.45, 2.75) is 19.2 Å². The number of rotatable bonds is 2. The molecule has 1 atom stereocenters. The van der Waals surface area contributed by atoms with Gasteiger partial charge < -0.3 is 4.74 Å². The van der Waals surface area contributed by atoms with E-state index in [4.69, 9.17) is 0 Å². The summed E-state index contributed by atoms with van der Waals surface area (Å²) in [7, 11) is 0. The van der Waals surface area contributed by atoms with Gasteiger partial charge in [-0.2, -0.15) is 13.2 Å². The first-order valence-electron chi connectivity index (χ1n) is 3.69. The van der Waals surface area contributed by atoms with Gasteiger partial charge in [-0.05, 0) is 25.1 Å². The lowest BCUT2D eigenvalue weighted by molar-refractivity contribution is -0.189. The van der Waals surface area contributed by atoms with Crippen LogP contribution in [0.2, 0.25) is 0 Å². The minimum Gasteiger partial charge on any atom is -0.481 e. The normalized spacial score (nSPS) is 13.8. The fraction of sp³-hybridized carbons (Fsp3) is 0.333. The number of alkyl halides is 3. The molecule has 1 rings (SSSR count). The molecule has 0 N–H and O–H groups in total. The van der Waals surface area contributed by atoms with Crippen molar-refractivity contribution in [3.8, 4) is 5.75 Å². The fourth-order valence-electron chi connectivity index (χ4n) is 0.721. The van der Waals surface area contributed by atoms with Crippen LogP contribution in [0.3, 0.4) is 0 Å². The lowest BCUT2D eigenvalue weighted by Gasteiger charge is -2.17. The van der Waals surface area contributed by atoms with Crippen molar-refractivity contribution in [1.82, 2.24) is 0 Å². The molecular weight excluding hydrogens is 181 g/mol. The summed E-state index contributed by atoms with van der Waals surface area (Å²) in [6.45, 7) is 0.965. The molecule has 0 unspecified atom stereocenters. The highest BCUT2D eigenvalue weighted by molar-refractivity contribution is 5.20. The Balaban J connectivity index is 2.61. The van der Waals surface area contributed by atoms with Crippen LogP contribution in [-0.2, 0) is 0 Å². The number of hydrogen-bond donors (Lipinski definition) is 0. The molecular formula is C9H8F3O. The summed E-state index contributed by atoms with van der Waals surface area (Å²) < 4.78 is 40.6. The van der Waals surface area contributed by atoms with E-state index in [9.17, 15) is 13.2 Å². The van der Waals surface area contributed by atoms with Crippen LogP contribution in [0, 0.1) is 6.07 Å². The van der Waals surface area contributed by atoms with Gasteiger partial charge in [-0.15, -0.1) is 0 Å². The van der Waals surface area contributed by atoms with Gasteiger partial charge in [0, 0.05) is 0 Å². The molecule has 71 valence electrons. The molecule has 0 saturated heterocycles. The minimum atomic E-state index is -4.32. The van der Waals surface area contributed by atoms with Gasteiger partial charge >= 0.3 is 6.18 Å². The summed E-state index contributed by atoms with van der Waals surface area (Å²) >= 11 is 0. The van der Waals surface area contributed by atoms with Gasteiger partial charge in [-0.25, -0.2) is 0 Å². The van der Waals surface area contributed by atoms with Crippen LogP contribution in [0.15, 0.2) is 24.3 Å². The third kappa shape index (κ3) is 2.97. The van der Waals surface area contributed by atoms with Crippen LogP contribution in [-0.4, -0.2) is 12.3 Å². The molecule has 13 heavy (non-hydrogen) atoms. The van der Waals surface area contributed by atoms with E-state index in [1.54, 1.807) is 12.1 Å². The van der Waals surface area contributed by atoms with Crippen molar-refractivity contribution in [3.05, 3.63) is 30.3 Å². The van der Waals surface area contributed by atoms with Crippen LogP contribution < -0.4 is 4.74 Å². The molecule has 0 aliphatic heterocycles. The molecule has 0 aliphatic rings. The van der Waals surface area contributed by atoms with Crippen molar-refractivity contribution >= 4 is 0 Å². The molecule has 1 nitrogen and oxygen atoms in total. The van der Waals surface area contributed by atoms with Gasteiger partial charge in [-0.3, -0.25) is 0 Å². The molecule has 0 heterocycles. The Labute approximate surface area is 74.1 Å². The van der Waals surface area contributed by atoms with Gasteiger partial charge in [0.25, 0.3) is 0 Å². The van der Waals surface area contributed by atoms with Crippen molar-refractivity contribution in [2.24, 2.45) is 0 Å². The van der Waals surface area contributed by atoms with Crippen molar-refractivity contribution in [1.29, 1.82) is 0 Å². The topological polar surface area (TPSA) is 9.23 Å². The number of halogens is 3. The highest BCUT2D eigenvalue weighted by Crippen LogP contribution is 2.24. The fourth-order valence-corrected chi connectivity index (χ4v) is 0.721. The van der Waals surface area contributed by atoms with Crippen molar-refractivity contribution in [3.63, 3.8) is 0 Å². The van der Waals surface area contributed by atoms with Gasteiger partial charge in [0.1, 0.15) is 5.75 Å². The SMILES string of the molecule is C[C@@H](Oc1c[c]ccc1)C(F)(F)F. The number of benzene rings is 1. The molecule has 0 amide bonds. The van der Waals surface area contributed by atoms with Gasteiger partial charge in [0.2, 0.25) is 0 Å². The van der Waals surface area contributed by atoms with E-state index in [2.05, 4.69) is 10.8 Å². The maximum atomic E-state index is 12.0. The predicted octanol–water partition coefficient (Wildman–Crippen LogP) is 2.82. The van der Waals surface area contributed by atoms with Crippen LogP contribution in [0.1, 0.15) is 6.92 Å². The van der Waals surface area contributed by atoms with Crippen LogP contribution in [0.4, 0.5) is 13.2 Å². The maximum absolute atomic E-state index is 12.0. The van der Waals surface area contributed by atoms with Crippen LogP contribution >= 0.6 is 0 Å². The molecule has 0 aliphatic carbocycles. The first-order valence-corrected chi connectivity index (χ1v) is 3.69. The molecule has 0 bridgehead atoms. The summed E-state index contributed by atoms with van der Waals surface area (Å²) in [5.41, 5.74) is 0. The number of hydrogen-bond acceptors (Lipinski definition) is 1. The Kier molecular flexibility index (Phi) is 2.80. The summed E-state index contributed by atoms with van der Waals surface area (Å²) in [4.78, 5) is 0. The van der Waals surface area contributed by atoms with Gasteiger partial charge in [-0.1, -0.05) is 12.1 Å². The molecule has 0 spiro atoms. The zero-order valence-corrected chi connectivity index (χ0v) is 6.93. The monoisotopic (exact) mass is 189 g/mol. The summed E-state index contributed by atoms with van der Waals surface area (Å²) in [5, 5.41) is 0. The molecule has 1 aromatic rings.